The Hall–Kier alpha value is -2.73. The van der Waals surface area contributed by atoms with Gasteiger partial charge < -0.3 is 14.2 Å². The van der Waals surface area contributed by atoms with Crippen LogP contribution in [0.5, 0.6) is 17.2 Å². The summed E-state index contributed by atoms with van der Waals surface area (Å²) in [6.07, 6.45) is 0.763. The second-order valence-electron chi connectivity index (χ2n) is 5.51. The van der Waals surface area contributed by atoms with Crippen molar-refractivity contribution in [2.75, 3.05) is 14.2 Å². The van der Waals surface area contributed by atoms with E-state index in [-0.39, 0.29) is 5.91 Å². The average Bonchev–Trinajstić information content (AvgIpc) is 2.63. The molecule has 138 valence electrons. The maximum absolute atomic E-state index is 12.2. The Kier molecular flexibility index (Phi) is 6.86. The largest absolute Gasteiger partial charge is 0.497 e. The Labute approximate surface area is 157 Å². The Bertz CT molecular complexity index is 808. The molecule has 0 aliphatic rings. The van der Waals surface area contributed by atoms with Crippen LogP contribution in [-0.2, 0) is 4.79 Å². The van der Waals surface area contributed by atoms with E-state index in [2.05, 4.69) is 10.5 Å². The van der Waals surface area contributed by atoms with Crippen LogP contribution in [0.15, 0.2) is 41.5 Å². The Balaban J connectivity index is 2.00. The van der Waals surface area contributed by atoms with E-state index in [0.717, 1.165) is 5.56 Å². The van der Waals surface area contributed by atoms with Gasteiger partial charge in [0.05, 0.1) is 20.4 Å². The first-order chi connectivity index (χ1) is 12.4. The third-order valence-corrected chi connectivity index (χ3v) is 3.86. The fourth-order valence-corrected chi connectivity index (χ4v) is 2.41. The van der Waals surface area contributed by atoms with Gasteiger partial charge in [0.15, 0.2) is 6.10 Å². The molecular weight excluding hydrogens is 356 g/mol. The first-order valence-electron chi connectivity index (χ1n) is 7.92. The lowest BCUT2D eigenvalue weighted by atomic mass is 10.2. The highest BCUT2D eigenvalue weighted by Crippen LogP contribution is 2.23. The zero-order valence-corrected chi connectivity index (χ0v) is 15.8. The molecule has 2 aromatic carbocycles. The van der Waals surface area contributed by atoms with Crippen LogP contribution in [0.3, 0.4) is 0 Å². The molecule has 1 amide bonds. The maximum Gasteiger partial charge on any atom is 0.280 e. The van der Waals surface area contributed by atoms with E-state index in [4.69, 9.17) is 25.8 Å². The number of hydrogen-bond acceptors (Lipinski definition) is 5. The Morgan fingerprint density at radius 2 is 1.88 bits per heavy atom. The number of benzene rings is 2. The molecule has 0 radical (unpaired) electrons. The minimum Gasteiger partial charge on any atom is -0.497 e. The second kappa shape index (κ2) is 9.10. The molecule has 2 rings (SSSR count). The SMILES string of the molecule is COc1ccc(OC)c(C=NNC(=O)C(C)Oc2ccc(Cl)cc2C)c1. The number of rotatable bonds is 7. The summed E-state index contributed by atoms with van der Waals surface area (Å²) in [7, 11) is 3.13. The lowest BCUT2D eigenvalue weighted by molar-refractivity contribution is -0.127. The zero-order valence-electron chi connectivity index (χ0n) is 15.1. The molecule has 0 fully saturated rings. The van der Waals surface area contributed by atoms with Crippen LogP contribution < -0.4 is 19.6 Å². The molecule has 1 unspecified atom stereocenters. The molecule has 0 aliphatic carbocycles. The zero-order chi connectivity index (χ0) is 19.1. The van der Waals surface area contributed by atoms with E-state index in [9.17, 15) is 4.79 Å². The molecule has 0 spiro atoms. The first kappa shape index (κ1) is 19.6. The van der Waals surface area contributed by atoms with Crippen LogP contribution in [0, 0.1) is 6.92 Å². The number of carbonyl (C=O) groups excluding carboxylic acids is 1. The smallest absolute Gasteiger partial charge is 0.280 e. The van der Waals surface area contributed by atoms with Crippen LogP contribution in [-0.4, -0.2) is 32.4 Å². The van der Waals surface area contributed by atoms with Gasteiger partial charge in [0.25, 0.3) is 5.91 Å². The molecule has 0 aromatic heterocycles. The summed E-state index contributed by atoms with van der Waals surface area (Å²) >= 11 is 5.92. The second-order valence-corrected chi connectivity index (χ2v) is 5.95. The van der Waals surface area contributed by atoms with Crippen molar-refractivity contribution in [3.05, 3.63) is 52.5 Å². The normalized spacial score (nSPS) is 11.9. The molecule has 0 saturated carbocycles. The predicted molar refractivity (Wildman–Crippen MR) is 102 cm³/mol. The van der Waals surface area contributed by atoms with Gasteiger partial charge in [0.1, 0.15) is 17.2 Å². The summed E-state index contributed by atoms with van der Waals surface area (Å²) < 4.78 is 16.1. The topological polar surface area (TPSA) is 69.2 Å². The van der Waals surface area contributed by atoms with Crippen molar-refractivity contribution in [3.8, 4) is 17.2 Å². The van der Waals surface area contributed by atoms with Crippen LogP contribution in [0.25, 0.3) is 0 Å². The maximum atomic E-state index is 12.2. The van der Waals surface area contributed by atoms with Gasteiger partial charge >= 0.3 is 0 Å². The van der Waals surface area contributed by atoms with E-state index in [0.29, 0.717) is 27.8 Å². The highest BCUT2D eigenvalue weighted by molar-refractivity contribution is 6.30. The Morgan fingerprint density at radius 1 is 1.15 bits per heavy atom. The van der Waals surface area contributed by atoms with Crippen molar-refractivity contribution in [3.63, 3.8) is 0 Å². The van der Waals surface area contributed by atoms with Gasteiger partial charge in [-0.05, 0) is 55.8 Å². The molecule has 2 aromatic rings. The van der Waals surface area contributed by atoms with Gasteiger partial charge in [0, 0.05) is 10.6 Å². The van der Waals surface area contributed by atoms with Crippen LogP contribution in [0.4, 0.5) is 0 Å². The molecule has 0 heterocycles. The molecule has 7 heteroatoms. The minimum atomic E-state index is -0.723. The summed E-state index contributed by atoms with van der Waals surface area (Å²) in [6, 6.07) is 10.5. The highest BCUT2D eigenvalue weighted by atomic mass is 35.5. The van der Waals surface area contributed by atoms with Crippen LogP contribution >= 0.6 is 11.6 Å². The van der Waals surface area contributed by atoms with Crippen molar-refractivity contribution in [1.82, 2.24) is 5.43 Å². The molecule has 1 atom stereocenters. The monoisotopic (exact) mass is 376 g/mol. The molecule has 26 heavy (non-hydrogen) atoms. The van der Waals surface area contributed by atoms with E-state index < -0.39 is 6.10 Å². The molecule has 0 saturated heterocycles. The van der Waals surface area contributed by atoms with Gasteiger partial charge in [0.2, 0.25) is 0 Å². The van der Waals surface area contributed by atoms with Crippen LogP contribution in [0.1, 0.15) is 18.1 Å². The fourth-order valence-electron chi connectivity index (χ4n) is 2.19. The summed E-state index contributed by atoms with van der Waals surface area (Å²) in [5.74, 6) is 1.49. The lowest BCUT2D eigenvalue weighted by Crippen LogP contribution is -2.33. The minimum absolute atomic E-state index is 0.377. The van der Waals surface area contributed by atoms with Gasteiger partial charge in [-0.3, -0.25) is 4.79 Å². The Morgan fingerprint density at radius 3 is 2.54 bits per heavy atom. The number of hydrazone groups is 1. The molecule has 1 N–H and O–H groups in total. The average molecular weight is 377 g/mol. The van der Waals surface area contributed by atoms with Crippen molar-refractivity contribution < 1.29 is 19.0 Å². The van der Waals surface area contributed by atoms with Crippen molar-refractivity contribution in [2.45, 2.75) is 20.0 Å². The first-order valence-corrected chi connectivity index (χ1v) is 8.30. The molecule has 6 nitrogen and oxygen atoms in total. The molecule has 0 bridgehead atoms. The molecular formula is C19H21ClN2O4. The van der Waals surface area contributed by atoms with Crippen LogP contribution in [0.2, 0.25) is 5.02 Å². The van der Waals surface area contributed by atoms with Gasteiger partial charge in [-0.2, -0.15) is 5.10 Å². The number of hydrogen-bond donors (Lipinski definition) is 1. The third-order valence-electron chi connectivity index (χ3n) is 3.63. The van der Waals surface area contributed by atoms with Gasteiger partial charge in [-0.15, -0.1) is 0 Å². The van der Waals surface area contributed by atoms with E-state index in [1.54, 1.807) is 57.5 Å². The number of nitrogens with zero attached hydrogens (tertiary/aromatic N) is 1. The molecule has 0 aliphatic heterocycles. The van der Waals surface area contributed by atoms with E-state index >= 15 is 0 Å². The number of amides is 1. The highest BCUT2D eigenvalue weighted by Gasteiger charge is 2.15. The number of ether oxygens (including phenoxy) is 3. The van der Waals surface area contributed by atoms with Gasteiger partial charge in [-0.1, -0.05) is 11.6 Å². The van der Waals surface area contributed by atoms with E-state index in [1.807, 2.05) is 6.92 Å². The van der Waals surface area contributed by atoms with Crippen molar-refractivity contribution in [2.24, 2.45) is 5.10 Å². The lowest BCUT2D eigenvalue weighted by Gasteiger charge is -2.15. The number of halogens is 1. The number of nitrogens with one attached hydrogen (secondary N) is 1. The fraction of sp³-hybridized carbons (Fsp3) is 0.263. The summed E-state index contributed by atoms with van der Waals surface area (Å²) in [6.45, 7) is 3.50. The summed E-state index contributed by atoms with van der Waals surface area (Å²) in [5.41, 5.74) is 3.98. The summed E-state index contributed by atoms with van der Waals surface area (Å²) in [5, 5.41) is 4.58. The standard InChI is InChI=1S/C19H21ClN2O4/c1-12-9-15(20)5-7-17(12)26-13(2)19(23)22-21-11-14-10-16(24-3)6-8-18(14)25-4/h5-11,13H,1-4H3,(H,22,23). The third kappa shape index (κ3) is 5.13. The van der Waals surface area contributed by atoms with Gasteiger partial charge in [-0.25, -0.2) is 5.43 Å². The van der Waals surface area contributed by atoms with E-state index in [1.165, 1.54) is 6.21 Å². The summed E-state index contributed by atoms with van der Waals surface area (Å²) in [4.78, 5) is 12.2. The number of methoxy groups -OCH3 is 2. The number of carbonyl (C=O) groups is 1. The van der Waals surface area contributed by atoms with Crippen molar-refractivity contribution in [1.29, 1.82) is 0 Å². The van der Waals surface area contributed by atoms with Crippen molar-refractivity contribution >= 4 is 23.7 Å². The predicted octanol–water partition coefficient (Wildman–Crippen LogP) is 3.58. The quantitative estimate of drug-likeness (QED) is 0.592. The number of aryl methyl sites for hydroxylation is 1.